The molecule has 0 unspecified atom stereocenters. The van der Waals surface area contributed by atoms with Crippen molar-refractivity contribution < 1.29 is 9.59 Å². The molecule has 0 radical (unpaired) electrons. The first-order chi connectivity index (χ1) is 16.6. The Bertz CT molecular complexity index is 1000. The van der Waals surface area contributed by atoms with Gasteiger partial charge in [-0.25, -0.2) is 0 Å². The second kappa shape index (κ2) is 10.7. The quantitative estimate of drug-likeness (QED) is 0.658. The van der Waals surface area contributed by atoms with Crippen molar-refractivity contribution in [2.75, 3.05) is 18.4 Å². The number of rotatable bonds is 6. The molecule has 1 saturated carbocycles. The van der Waals surface area contributed by atoms with E-state index in [1.54, 1.807) is 0 Å². The normalized spacial score (nSPS) is 23.3. The van der Waals surface area contributed by atoms with Crippen molar-refractivity contribution in [3.63, 3.8) is 0 Å². The number of nitrogens with zero attached hydrogens (tertiary/aromatic N) is 1. The summed E-state index contributed by atoms with van der Waals surface area (Å²) in [5.74, 6) is -0.200. The third kappa shape index (κ3) is 5.69. The van der Waals surface area contributed by atoms with Gasteiger partial charge in [-0.3, -0.25) is 14.5 Å². The molecule has 1 aliphatic heterocycles. The van der Waals surface area contributed by atoms with Crippen LogP contribution in [0.4, 0.5) is 5.69 Å². The molecule has 0 bridgehead atoms. The summed E-state index contributed by atoms with van der Waals surface area (Å²) < 4.78 is 0. The van der Waals surface area contributed by atoms with E-state index in [1.807, 2.05) is 24.3 Å². The highest BCUT2D eigenvalue weighted by Crippen LogP contribution is 2.28. The maximum Gasteiger partial charge on any atom is 0.228 e. The molecule has 2 N–H and O–H groups in total. The number of aryl methyl sites for hydroxylation is 2. The van der Waals surface area contributed by atoms with E-state index < -0.39 is 0 Å². The molecule has 0 spiro atoms. The number of nitrogens with one attached hydrogen (secondary N) is 2. The van der Waals surface area contributed by atoms with Gasteiger partial charge >= 0.3 is 0 Å². The molecule has 2 aromatic rings. The molecule has 5 rings (SSSR count). The zero-order valence-electron chi connectivity index (χ0n) is 20.1. The Morgan fingerprint density at radius 1 is 0.824 bits per heavy atom. The zero-order chi connectivity index (χ0) is 23.3. The lowest BCUT2D eigenvalue weighted by Gasteiger charge is -2.37. The summed E-state index contributed by atoms with van der Waals surface area (Å²) in [6.07, 6.45) is 9.86. The maximum absolute atomic E-state index is 13.4. The number of hydrogen-bond donors (Lipinski definition) is 2. The van der Waals surface area contributed by atoms with Gasteiger partial charge in [-0.2, -0.15) is 0 Å². The van der Waals surface area contributed by atoms with E-state index in [2.05, 4.69) is 39.8 Å². The lowest BCUT2D eigenvalue weighted by molar-refractivity contribution is -0.130. The molecule has 3 aliphatic rings. The highest BCUT2D eigenvalue weighted by Gasteiger charge is 2.36. The highest BCUT2D eigenvalue weighted by atomic mass is 16.2. The van der Waals surface area contributed by atoms with Crippen LogP contribution in [0, 0.1) is 11.8 Å². The van der Waals surface area contributed by atoms with E-state index in [9.17, 15) is 9.59 Å². The number of carbonyl (C=O) groups is 2. The average molecular weight is 460 g/mol. The molecule has 5 nitrogen and oxygen atoms in total. The fraction of sp³-hybridized carbons (Fsp3) is 0.517. The third-order valence-electron chi connectivity index (χ3n) is 7.83. The minimum atomic E-state index is -0.201. The molecular formula is C29H37N3O2. The van der Waals surface area contributed by atoms with Gasteiger partial charge in [0.1, 0.15) is 0 Å². The molecule has 34 heavy (non-hydrogen) atoms. The van der Waals surface area contributed by atoms with E-state index in [-0.39, 0.29) is 23.7 Å². The smallest absolute Gasteiger partial charge is 0.228 e. The summed E-state index contributed by atoms with van der Waals surface area (Å²) in [5.41, 5.74) is 4.86. The van der Waals surface area contributed by atoms with Crippen molar-refractivity contribution in [2.24, 2.45) is 11.8 Å². The van der Waals surface area contributed by atoms with Crippen LogP contribution in [0.2, 0.25) is 0 Å². The largest absolute Gasteiger partial charge is 0.353 e. The van der Waals surface area contributed by atoms with Crippen LogP contribution < -0.4 is 10.6 Å². The first kappa shape index (κ1) is 23.1. The first-order valence-corrected chi connectivity index (χ1v) is 13.1. The number of likely N-dealkylation sites (tertiary alicyclic amines) is 1. The highest BCUT2D eigenvalue weighted by molar-refractivity contribution is 5.93. The Labute approximate surface area is 203 Å². The molecule has 2 aromatic carbocycles. The Hall–Kier alpha value is -2.66. The monoisotopic (exact) mass is 459 g/mol. The predicted molar refractivity (Wildman–Crippen MR) is 135 cm³/mol. The lowest BCUT2D eigenvalue weighted by Crippen LogP contribution is -2.50. The molecule has 2 amide bonds. The number of piperidine rings is 1. The first-order valence-electron chi connectivity index (χ1n) is 13.1. The van der Waals surface area contributed by atoms with Crippen LogP contribution in [0.5, 0.6) is 0 Å². The molecule has 0 aromatic heterocycles. The van der Waals surface area contributed by atoms with Gasteiger partial charge in [-0.15, -0.1) is 0 Å². The number of amides is 2. The molecule has 180 valence electrons. The molecule has 1 saturated heterocycles. The van der Waals surface area contributed by atoms with Gasteiger partial charge in [0.05, 0.1) is 11.8 Å². The number of anilines is 1. The van der Waals surface area contributed by atoms with Crippen LogP contribution >= 0.6 is 0 Å². The van der Waals surface area contributed by atoms with Crippen molar-refractivity contribution in [2.45, 2.75) is 70.4 Å². The van der Waals surface area contributed by atoms with E-state index >= 15 is 0 Å². The summed E-state index contributed by atoms with van der Waals surface area (Å²) in [4.78, 5) is 28.9. The zero-order valence-corrected chi connectivity index (χ0v) is 20.1. The fourth-order valence-electron chi connectivity index (χ4n) is 6.00. The average Bonchev–Trinajstić information content (AvgIpc) is 3.33. The third-order valence-corrected chi connectivity index (χ3v) is 7.83. The summed E-state index contributed by atoms with van der Waals surface area (Å²) in [6, 6.07) is 17.0. The van der Waals surface area contributed by atoms with Crippen LogP contribution in [0.3, 0.4) is 0 Å². The number of fused-ring (bicyclic) bond motifs is 1. The van der Waals surface area contributed by atoms with Crippen LogP contribution in [-0.2, 0) is 29.0 Å². The summed E-state index contributed by atoms with van der Waals surface area (Å²) in [7, 11) is 0. The van der Waals surface area contributed by atoms with Crippen molar-refractivity contribution in [3.05, 3.63) is 65.2 Å². The van der Waals surface area contributed by atoms with Gasteiger partial charge in [0.25, 0.3) is 0 Å². The minimum Gasteiger partial charge on any atom is -0.353 e. The Kier molecular flexibility index (Phi) is 7.29. The summed E-state index contributed by atoms with van der Waals surface area (Å²) in [5, 5.41) is 6.48. The fourth-order valence-corrected chi connectivity index (χ4v) is 6.00. The molecule has 2 atom stereocenters. The molecule has 5 heteroatoms. The van der Waals surface area contributed by atoms with Crippen LogP contribution in [0.15, 0.2) is 48.5 Å². The molecule has 2 fully saturated rings. The van der Waals surface area contributed by atoms with Crippen molar-refractivity contribution in [3.8, 4) is 0 Å². The van der Waals surface area contributed by atoms with Crippen LogP contribution in [0.25, 0.3) is 0 Å². The Balaban J connectivity index is 1.28. The van der Waals surface area contributed by atoms with Gasteiger partial charge in [0.15, 0.2) is 0 Å². The Morgan fingerprint density at radius 2 is 1.56 bits per heavy atom. The topological polar surface area (TPSA) is 61.4 Å². The van der Waals surface area contributed by atoms with Crippen molar-refractivity contribution >= 4 is 17.5 Å². The van der Waals surface area contributed by atoms with Gasteiger partial charge < -0.3 is 10.6 Å². The van der Waals surface area contributed by atoms with Crippen molar-refractivity contribution in [1.29, 1.82) is 0 Å². The second-order valence-electron chi connectivity index (χ2n) is 10.5. The van der Waals surface area contributed by atoms with Crippen LogP contribution in [-0.4, -0.2) is 35.8 Å². The second-order valence-corrected chi connectivity index (χ2v) is 10.5. The predicted octanol–water partition coefficient (Wildman–Crippen LogP) is 4.70. The van der Waals surface area contributed by atoms with E-state index in [0.29, 0.717) is 25.6 Å². The van der Waals surface area contributed by atoms with E-state index in [0.717, 1.165) is 37.9 Å². The van der Waals surface area contributed by atoms with Gasteiger partial charge in [-0.05, 0) is 67.3 Å². The molecule has 1 heterocycles. The lowest BCUT2D eigenvalue weighted by atomic mass is 9.86. The Morgan fingerprint density at radius 3 is 2.35 bits per heavy atom. The van der Waals surface area contributed by atoms with E-state index in [1.165, 1.54) is 42.4 Å². The number of benzene rings is 2. The number of hydrogen-bond acceptors (Lipinski definition) is 3. The summed E-state index contributed by atoms with van der Waals surface area (Å²) >= 11 is 0. The van der Waals surface area contributed by atoms with E-state index in [4.69, 9.17) is 0 Å². The standard InChI is InChI=1S/C29H37N3O2/c33-28(30-26-12-5-2-6-13-26)24-16-25(20-32(19-24)18-21-8-3-1-4-9-21)29(34)31-27-15-14-22-10-7-11-23(22)17-27/h1,3-4,8-9,14-15,17,24-26H,2,5-7,10-13,16,18-20H2,(H,30,33)(H,31,34)/t24-,25+/m0/s1. The number of carbonyl (C=O) groups excluding carboxylic acids is 2. The van der Waals surface area contributed by atoms with Gasteiger partial charge in [-0.1, -0.05) is 55.7 Å². The minimum absolute atomic E-state index is 0.0335. The van der Waals surface area contributed by atoms with Gasteiger partial charge in [0, 0.05) is 31.4 Å². The van der Waals surface area contributed by atoms with Crippen LogP contribution in [0.1, 0.15) is 61.6 Å². The maximum atomic E-state index is 13.4. The molecule has 2 aliphatic carbocycles. The molecular weight excluding hydrogens is 422 g/mol. The SMILES string of the molecule is O=C(Nc1ccc2c(c1)CCC2)[C@@H]1C[C@H](C(=O)NC2CCCCC2)CN(Cc2ccccc2)C1. The summed E-state index contributed by atoms with van der Waals surface area (Å²) in [6.45, 7) is 2.14. The van der Waals surface area contributed by atoms with Gasteiger partial charge in [0.2, 0.25) is 11.8 Å². The van der Waals surface area contributed by atoms with Crippen molar-refractivity contribution in [1.82, 2.24) is 10.2 Å².